The Kier molecular flexibility index (Phi) is 13.5. The van der Waals surface area contributed by atoms with E-state index in [1.165, 1.54) is 22.3 Å². The molecule has 63 heavy (non-hydrogen) atoms. The number of hydrogen-bond donors (Lipinski definition) is 2. The van der Waals surface area contributed by atoms with Gasteiger partial charge in [-0.15, -0.1) is 0 Å². The Morgan fingerprint density at radius 3 is 1.90 bits per heavy atom. The summed E-state index contributed by atoms with van der Waals surface area (Å²) >= 11 is 0. The van der Waals surface area contributed by atoms with E-state index in [2.05, 4.69) is 136 Å². The van der Waals surface area contributed by atoms with Crippen molar-refractivity contribution in [1.29, 1.82) is 0 Å². The lowest BCUT2D eigenvalue weighted by atomic mass is 9.80. The third kappa shape index (κ3) is 10.5. The minimum Gasteiger partial charge on any atom is -0.480 e. The predicted octanol–water partition coefficient (Wildman–Crippen LogP) is 11.0. The van der Waals surface area contributed by atoms with Gasteiger partial charge in [-0.05, 0) is 112 Å². The van der Waals surface area contributed by atoms with Gasteiger partial charge in [0.1, 0.15) is 18.4 Å². The summed E-state index contributed by atoms with van der Waals surface area (Å²) in [6.07, 6.45) is 11.9. The zero-order valence-corrected chi connectivity index (χ0v) is 39.0. The first-order valence-electron chi connectivity index (χ1n) is 22.0. The average molecular weight is 890 g/mol. The number of nitrogens with zero attached hydrogens (tertiary/aromatic N) is 2. The van der Waals surface area contributed by atoms with Crippen LogP contribution in [0.15, 0.2) is 144 Å². The van der Waals surface area contributed by atoms with E-state index in [0.29, 0.717) is 38.8 Å². The van der Waals surface area contributed by atoms with Gasteiger partial charge in [0.2, 0.25) is 5.69 Å². The molecule has 2 N–H and O–H groups in total. The van der Waals surface area contributed by atoms with E-state index in [4.69, 9.17) is 4.74 Å². The quantitative estimate of drug-likeness (QED) is 0.0610. The van der Waals surface area contributed by atoms with Crippen molar-refractivity contribution < 1.29 is 35.3 Å². The zero-order chi connectivity index (χ0) is 45.2. The van der Waals surface area contributed by atoms with Crippen molar-refractivity contribution in [2.75, 3.05) is 29.5 Å². The molecule has 11 heteroatoms. The van der Waals surface area contributed by atoms with Gasteiger partial charge in [-0.1, -0.05) is 110 Å². The standard InChI is InChI=1S/C52H60N2O7S2/c1-37-21-27-45-43(35-37)51(3,4)47(53(45)31-13-15-33-62(55,56)57)29-25-41-23-24-42(50(41)61-49(39-17-9-7-10-18-39)40-19-11-8-12-20-40)26-30-48-52(5,6)44-36-38(2)22-28-46(44)54(48)32-14-16-34-63(58,59)60/h7-12,17-22,25-30,35-36,49H,13-16,23-24,31-34H2,1-6H3,(H-,55,56,57,58,59,60)/p+1. The fourth-order valence-electron chi connectivity index (χ4n) is 9.40. The van der Waals surface area contributed by atoms with Crippen LogP contribution < -0.4 is 4.90 Å². The fraction of sp³-hybridized carbons (Fsp3) is 0.365. The SMILES string of the molecule is Cc1ccc2c(c1)C(C)(C)C(/C=C/C1=C(OC(c3ccccc3)c3ccccc3)C(=C/C=C3/N(CCCCS(=O)(=O)O)c4ccc(C)cc4C3(C)C)/CC1)=[N+]2CCCCS(=O)(=O)O. The third-order valence-corrected chi connectivity index (χ3v) is 14.3. The van der Waals surface area contributed by atoms with Gasteiger partial charge in [-0.25, -0.2) is 0 Å². The number of fused-ring (bicyclic) bond motifs is 2. The maximum absolute atomic E-state index is 11.6. The molecule has 2 aliphatic heterocycles. The fourth-order valence-corrected chi connectivity index (χ4v) is 10.5. The molecular weight excluding hydrogens is 829 g/mol. The predicted molar refractivity (Wildman–Crippen MR) is 254 cm³/mol. The Morgan fingerprint density at radius 2 is 1.29 bits per heavy atom. The van der Waals surface area contributed by atoms with E-state index in [0.717, 1.165) is 63.7 Å². The van der Waals surface area contributed by atoms with Crippen molar-refractivity contribution in [3.63, 3.8) is 0 Å². The van der Waals surface area contributed by atoms with E-state index < -0.39 is 20.2 Å². The van der Waals surface area contributed by atoms with Crippen LogP contribution in [0.5, 0.6) is 0 Å². The second kappa shape index (κ2) is 18.6. The highest BCUT2D eigenvalue weighted by Crippen LogP contribution is 2.49. The van der Waals surface area contributed by atoms with Crippen molar-refractivity contribution in [3.8, 4) is 0 Å². The van der Waals surface area contributed by atoms with Crippen LogP contribution in [0, 0.1) is 13.8 Å². The number of anilines is 1. The highest BCUT2D eigenvalue weighted by atomic mass is 32.2. The molecule has 0 bridgehead atoms. The molecular formula is C52H61N2O7S2+. The van der Waals surface area contributed by atoms with Crippen molar-refractivity contribution in [2.45, 2.75) is 97.0 Å². The highest BCUT2D eigenvalue weighted by Gasteiger charge is 2.44. The maximum Gasteiger partial charge on any atom is 0.264 e. The smallest absolute Gasteiger partial charge is 0.264 e. The number of aryl methyl sites for hydroxylation is 2. The van der Waals surface area contributed by atoms with Gasteiger partial charge in [-0.2, -0.15) is 21.4 Å². The summed E-state index contributed by atoms with van der Waals surface area (Å²) < 4.78 is 74.8. The van der Waals surface area contributed by atoms with Crippen LogP contribution in [0.1, 0.15) is 106 Å². The number of unbranched alkanes of at least 4 members (excludes halogenated alkanes) is 2. The number of allylic oxidation sites excluding steroid dienone is 7. The van der Waals surface area contributed by atoms with Gasteiger partial charge in [0, 0.05) is 47.5 Å². The van der Waals surface area contributed by atoms with Crippen molar-refractivity contribution in [2.24, 2.45) is 0 Å². The van der Waals surface area contributed by atoms with Crippen molar-refractivity contribution in [1.82, 2.24) is 0 Å². The van der Waals surface area contributed by atoms with Crippen LogP contribution in [0.2, 0.25) is 0 Å². The Balaban J connectivity index is 1.33. The van der Waals surface area contributed by atoms with E-state index in [1.807, 2.05) is 36.4 Å². The molecule has 0 fully saturated rings. The first-order valence-corrected chi connectivity index (χ1v) is 25.2. The van der Waals surface area contributed by atoms with Crippen molar-refractivity contribution in [3.05, 3.63) is 177 Å². The van der Waals surface area contributed by atoms with Gasteiger partial charge >= 0.3 is 0 Å². The molecule has 2 heterocycles. The Morgan fingerprint density at radius 1 is 0.698 bits per heavy atom. The molecule has 0 saturated heterocycles. The maximum atomic E-state index is 11.6. The van der Waals surface area contributed by atoms with Gasteiger partial charge in [-0.3, -0.25) is 9.11 Å². The van der Waals surface area contributed by atoms with Crippen LogP contribution in [-0.4, -0.2) is 60.8 Å². The summed E-state index contributed by atoms with van der Waals surface area (Å²) in [5.74, 6) is 0.288. The average Bonchev–Trinajstić information content (AvgIpc) is 3.78. The van der Waals surface area contributed by atoms with E-state index >= 15 is 0 Å². The van der Waals surface area contributed by atoms with Crippen molar-refractivity contribution >= 4 is 37.3 Å². The monoisotopic (exact) mass is 889 g/mol. The first kappa shape index (κ1) is 45.9. The Bertz CT molecular complexity index is 2690. The van der Waals surface area contributed by atoms with Crippen LogP contribution in [0.3, 0.4) is 0 Å². The van der Waals surface area contributed by atoms with Gasteiger partial charge in [0.15, 0.2) is 5.71 Å². The summed E-state index contributed by atoms with van der Waals surface area (Å²) in [7, 11) is -8.10. The summed E-state index contributed by atoms with van der Waals surface area (Å²) in [6.45, 7) is 14.3. The molecule has 0 atom stereocenters. The lowest BCUT2D eigenvalue weighted by Gasteiger charge is -2.27. The molecule has 0 amide bonds. The molecule has 0 radical (unpaired) electrons. The minimum absolute atomic E-state index is 0.270. The highest BCUT2D eigenvalue weighted by molar-refractivity contribution is 7.86. The number of benzene rings is 4. The Hall–Kier alpha value is -5.07. The van der Waals surface area contributed by atoms with Gasteiger partial charge in [0.05, 0.1) is 16.9 Å². The van der Waals surface area contributed by atoms with E-state index in [1.54, 1.807) is 0 Å². The molecule has 1 aliphatic carbocycles. The minimum atomic E-state index is -4.05. The number of ether oxygens (including phenoxy) is 1. The van der Waals surface area contributed by atoms with E-state index in [-0.39, 0.29) is 28.4 Å². The second-order valence-corrected chi connectivity index (χ2v) is 21.4. The normalized spacial score (nSPS) is 18.4. The molecule has 0 aromatic heterocycles. The first-order chi connectivity index (χ1) is 29.8. The summed E-state index contributed by atoms with van der Waals surface area (Å²) in [4.78, 5) is 2.30. The van der Waals surface area contributed by atoms with Crippen LogP contribution >= 0.6 is 0 Å². The van der Waals surface area contributed by atoms with Crippen LogP contribution in [0.4, 0.5) is 11.4 Å². The molecule has 0 saturated carbocycles. The molecule has 332 valence electrons. The molecule has 3 aliphatic rings. The molecule has 4 aromatic carbocycles. The lowest BCUT2D eigenvalue weighted by molar-refractivity contribution is -0.438. The van der Waals surface area contributed by atoms with Gasteiger partial charge in [0.25, 0.3) is 20.2 Å². The topological polar surface area (TPSA) is 124 Å². The molecule has 0 spiro atoms. The molecule has 0 unspecified atom stereocenters. The summed E-state index contributed by atoms with van der Waals surface area (Å²) in [5.41, 5.74) is 12.7. The molecule has 7 rings (SSSR count). The summed E-state index contributed by atoms with van der Waals surface area (Å²) in [5, 5.41) is 0. The lowest BCUT2D eigenvalue weighted by Crippen LogP contribution is -2.28. The second-order valence-electron chi connectivity index (χ2n) is 18.2. The van der Waals surface area contributed by atoms with E-state index in [9.17, 15) is 25.9 Å². The van der Waals surface area contributed by atoms with Gasteiger partial charge < -0.3 is 9.64 Å². The summed E-state index contributed by atoms with van der Waals surface area (Å²) in [6, 6.07) is 33.6. The number of rotatable bonds is 17. The van der Waals surface area contributed by atoms with Crippen LogP contribution in [0.25, 0.3) is 0 Å². The largest absolute Gasteiger partial charge is 0.480 e. The third-order valence-electron chi connectivity index (χ3n) is 12.7. The molecule has 4 aromatic rings. The van der Waals surface area contributed by atoms with Crippen LogP contribution in [-0.2, 0) is 35.8 Å². The zero-order valence-electron chi connectivity index (χ0n) is 37.3. The molecule has 9 nitrogen and oxygen atoms in total. The number of hydrogen-bond acceptors (Lipinski definition) is 6. The Labute approximate surface area is 374 Å².